The summed E-state index contributed by atoms with van der Waals surface area (Å²) in [5.74, 6) is 0.414. The molecule has 0 saturated carbocycles. The van der Waals surface area contributed by atoms with Crippen molar-refractivity contribution in [2.75, 3.05) is 0 Å². The van der Waals surface area contributed by atoms with E-state index in [0.29, 0.717) is 5.92 Å². The van der Waals surface area contributed by atoms with Crippen LogP contribution in [0.4, 0.5) is 0 Å². The zero-order valence-corrected chi connectivity index (χ0v) is 11.5. The van der Waals surface area contributed by atoms with E-state index in [1.807, 2.05) is 37.3 Å². The number of rotatable bonds is 6. The molecule has 0 fully saturated rings. The first-order chi connectivity index (χ1) is 8.60. The van der Waals surface area contributed by atoms with Crippen molar-refractivity contribution < 1.29 is 4.79 Å². The number of benzene rings is 1. The van der Waals surface area contributed by atoms with Crippen molar-refractivity contribution in [2.24, 2.45) is 11.7 Å². The smallest absolute Gasteiger partial charge is 0.241 e. The number of nitrogens with one attached hydrogen (secondary N) is 1. The summed E-state index contributed by atoms with van der Waals surface area (Å²) in [6.07, 6.45) is 2.14. The third-order valence-electron chi connectivity index (χ3n) is 3.57. The van der Waals surface area contributed by atoms with Gasteiger partial charge in [0.2, 0.25) is 5.91 Å². The van der Waals surface area contributed by atoms with Gasteiger partial charge < -0.3 is 11.1 Å². The lowest BCUT2D eigenvalue weighted by atomic mass is 9.95. The fourth-order valence-electron chi connectivity index (χ4n) is 2.24. The zero-order chi connectivity index (χ0) is 13.5. The Bertz CT molecular complexity index is 360. The molecule has 0 aliphatic carbocycles. The summed E-state index contributed by atoms with van der Waals surface area (Å²) >= 11 is 0. The molecule has 18 heavy (non-hydrogen) atoms. The van der Waals surface area contributed by atoms with Crippen molar-refractivity contribution in [2.45, 2.75) is 45.7 Å². The quantitative estimate of drug-likeness (QED) is 0.813. The summed E-state index contributed by atoms with van der Waals surface area (Å²) in [7, 11) is 0. The number of hydrogen-bond donors (Lipinski definition) is 2. The topological polar surface area (TPSA) is 55.1 Å². The van der Waals surface area contributed by atoms with Crippen LogP contribution in [-0.4, -0.2) is 11.9 Å². The van der Waals surface area contributed by atoms with E-state index in [4.69, 9.17) is 5.73 Å². The third kappa shape index (κ3) is 3.84. The number of carbonyl (C=O) groups is 1. The molecule has 0 spiro atoms. The summed E-state index contributed by atoms with van der Waals surface area (Å²) in [4.78, 5) is 12.1. The van der Waals surface area contributed by atoms with E-state index < -0.39 is 6.04 Å². The number of nitrogens with two attached hydrogens (primary N) is 1. The molecule has 1 amide bonds. The second-order valence-corrected chi connectivity index (χ2v) is 4.76. The minimum atomic E-state index is -0.581. The fraction of sp³-hybridized carbons (Fsp3) is 0.533. The van der Waals surface area contributed by atoms with E-state index in [2.05, 4.69) is 19.2 Å². The Morgan fingerprint density at radius 1 is 1.22 bits per heavy atom. The number of carbonyl (C=O) groups excluding carboxylic acids is 1. The molecule has 0 aliphatic rings. The molecule has 2 unspecified atom stereocenters. The van der Waals surface area contributed by atoms with Gasteiger partial charge in [-0.2, -0.15) is 0 Å². The maximum atomic E-state index is 12.1. The molecule has 100 valence electrons. The first-order valence-electron chi connectivity index (χ1n) is 6.71. The Kier molecular flexibility index (Phi) is 5.86. The summed E-state index contributed by atoms with van der Waals surface area (Å²) in [5, 5.41) is 3.02. The van der Waals surface area contributed by atoms with Gasteiger partial charge >= 0.3 is 0 Å². The molecular formula is C15H24N2O. The lowest BCUT2D eigenvalue weighted by molar-refractivity contribution is -0.123. The number of hydrogen-bond acceptors (Lipinski definition) is 2. The van der Waals surface area contributed by atoms with Crippen LogP contribution in [0.1, 0.15) is 45.2 Å². The summed E-state index contributed by atoms with van der Waals surface area (Å²) < 4.78 is 0. The van der Waals surface area contributed by atoms with Crippen LogP contribution in [-0.2, 0) is 4.79 Å². The summed E-state index contributed by atoms with van der Waals surface area (Å²) in [5.41, 5.74) is 6.81. The van der Waals surface area contributed by atoms with Crippen molar-refractivity contribution in [1.82, 2.24) is 5.32 Å². The molecule has 3 nitrogen and oxygen atoms in total. The largest absolute Gasteiger partial charge is 0.352 e. The molecule has 0 saturated heterocycles. The molecule has 3 N–H and O–H groups in total. The van der Waals surface area contributed by atoms with Gasteiger partial charge in [-0.3, -0.25) is 4.79 Å². The van der Waals surface area contributed by atoms with E-state index >= 15 is 0 Å². The SMILES string of the molecule is CCC(CC)C(C)NC(=O)C(N)c1ccccc1. The lowest BCUT2D eigenvalue weighted by Gasteiger charge is -2.24. The van der Waals surface area contributed by atoms with Crippen molar-refractivity contribution >= 4 is 5.91 Å². The van der Waals surface area contributed by atoms with Crippen molar-refractivity contribution in [3.8, 4) is 0 Å². The van der Waals surface area contributed by atoms with Gasteiger partial charge in [-0.25, -0.2) is 0 Å². The minimum Gasteiger partial charge on any atom is -0.352 e. The van der Waals surface area contributed by atoms with Gasteiger partial charge in [0.05, 0.1) is 0 Å². The average Bonchev–Trinajstić information content (AvgIpc) is 2.40. The molecule has 1 rings (SSSR count). The monoisotopic (exact) mass is 248 g/mol. The predicted molar refractivity (Wildman–Crippen MR) is 75.0 cm³/mol. The van der Waals surface area contributed by atoms with E-state index in [1.165, 1.54) is 0 Å². The predicted octanol–water partition coefficient (Wildman–Crippen LogP) is 2.63. The van der Waals surface area contributed by atoms with Crippen LogP contribution in [0.2, 0.25) is 0 Å². The Balaban J connectivity index is 2.60. The van der Waals surface area contributed by atoms with Gasteiger partial charge in [0.15, 0.2) is 0 Å². The highest BCUT2D eigenvalue weighted by Crippen LogP contribution is 2.15. The maximum absolute atomic E-state index is 12.1. The fourth-order valence-corrected chi connectivity index (χ4v) is 2.24. The molecule has 0 heterocycles. The van der Waals surface area contributed by atoms with Gasteiger partial charge in [0, 0.05) is 6.04 Å². The van der Waals surface area contributed by atoms with Crippen molar-refractivity contribution in [1.29, 1.82) is 0 Å². The Morgan fingerprint density at radius 3 is 2.28 bits per heavy atom. The van der Waals surface area contributed by atoms with Gasteiger partial charge in [0.1, 0.15) is 6.04 Å². The van der Waals surface area contributed by atoms with E-state index in [9.17, 15) is 4.79 Å². The first kappa shape index (κ1) is 14.7. The van der Waals surface area contributed by atoms with Gasteiger partial charge in [0.25, 0.3) is 0 Å². The molecule has 0 aromatic heterocycles. The average molecular weight is 248 g/mol. The highest BCUT2D eigenvalue weighted by atomic mass is 16.2. The normalized spacial score (nSPS) is 14.3. The molecule has 0 bridgehead atoms. The van der Waals surface area contributed by atoms with Crippen LogP contribution < -0.4 is 11.1 Å². The second kappa shape index (κ2) is 7.17. The summed E-state index contributed by atoms with van der Waals surface area (Å²) in [6.45, 7) is 6.34. The molecular weight excluding hydrogens is 224 g/mol. The third-order valence-corrected chi connectivity index (χ3v) is 3.57. The molecule has 0 radical (unpaired) electrons. The second-order valence-electron chi connectivity index (χ2n) is 4.76. The Morgan fingerprint density at radius 2 is 1.78 bits per heavy atom. The minimum absolute atomic E-state index is 0.0967. The van der Waals surface area contributed by atoms with E-state index in [-0.39, 0.29) is 11.9 Å². The van der Waals surface area contributed by atoms with Crippen LogP contribution in [0.3, 0.4) is 0 Å². The Hall–Kier alpha value is -1.35. The molecule has 1 aromatic carbocycles. The zero-order valence-electron chi connectivity index (χ0n) is 11.5. The summed E-state index contributed by atoms with van der Waals surface area (Å²) in [6, 6.07) is 9.06. The van der Waals surface area contributed by atoms with E-state index in [0.717, 1.165) is 18.4 Å². The Labute approximate surface area is 110 Å². The molecule has 1 aromatic rings. The van der Waals surface area contributed by atoms with Crippen molar-refractivity contribution in [3.05, 3.63) is 35.9 Å². The lowest BCUT2D eigenvalue weighted by Crippen LogP contribution is -2.42. The van der Waals surface area contributed by atoms with Gasteiger partial charge in [-0.1, -0.05) is 57.0 Å². The van der Waals surface area contributed by atoms with E-state index in [1.54, 1.807) is 0 Å². The van der Waals surface area contributed by atoms with Gasteiger partial charge in [-0.05, 0) is 18.4 Å². The maximum Gasteiger partial charge on any atom is 0.241 e. The molecule has 3 heteroatoms. The van der Waals surface area contributed by atoms with Crippen LogP contribution in [0, 0.1) is 5.92 Å². The molecule has 2 atom stereocenters. The standard InChI is InChI=1S/C15H24N2O/c1-4-12(5-2)11(3)17-15(18)14(16)13-9-7-6-8-10-13/h6-12,14H,4-5,16H2,1-3H3,(H,17,18). The molecule has 0 aliphatic heterocycles. The van der Waals surface area contributed by atoms with Gasteiger partial charge in [-0.15, -0.1) is 0 Å². The van der Waals surface area contributed by atoms with Crippen LogP contribution in [0.25, 0.3) is 0 Å². The number of amides is 1. The van der Waals surface area contributed by atoms with Crippen LogP contribution >= 0.6 is 0 Å². The van der Waals surface area contributed by atoms with Crippen LogP contribution in [0.5, 0.6) is 0 Å². The van der Waals surface area contributed by atoms with Crippen LogP contribution in [0.15, 0.2) is 30.3 Å². The van der Waals surface area contributed by atoms with Crippen molar-refractivity contribution in [3.63, 3.8) is 0 Å². The first-order valence-corrected chi connectivity index (χ1v) is 6.71. The highest BCUT2D eigenvalue weighted by Gasteiger charge is 2.20. The highest BCUT2D eigenvalue weighted by molar-refractivity contribution is 5.83.